The number of methoxy groups -OCH3 is 1. The van der Waals surface area contributed by atoms with Crippen LogP contribution in [-0.4, -0.2) is 33.2 Å². The standard InChI is InChI=1S/C15H15FN2O4S/c1-10-9-18(13-5-3-4-12(16)15(13)22-10)23(19,20)11-6-7-14(21-2)17-8-11/h3-8,10H,9H2,1-2H3/t10-/m1/s1. The average molecular weight is 338 g/mol. The Kier molecular flexibility index (Phi) is 3.85. The maximum absolute atomic E-state index is 13.9. The van der Waals surface area contributed by atoms with Gasteiger partial charge in [-0.05, 0) is 25.1 Å². The number of nitrogens with zero attached hydrogens (tertiary/aromatic N) is 2. The zero-order valence-corrected chi connectivity index (χ0v) is 13.4. The molecule has 2 heterocycles. The molecule has 0 fully saturated rings. The van der Waals surface area contributed by atoms with Crippen molar-refractivity contribution in [1.29, 1.82) is 0 Å². The zero-order chi connectivity index (χ0) is 16.6. The summed E-state index contributed by atoms with van der Waals surface area (Å²) in [6.07, 6.45) is 0.744. The third kappa shape index (κ3) is 2.70. The number of fused-ring (bicyclic) bond motifs is 1. The predicted octanol–water partition coefficient (Wildman–Crippen LogP) is 2.21. The highest BCUT2D eigenvalue weighted by atomic mass is 32.2. The number of hydrogen-bond donors (Lipinski definition) is 0. The summed E-state index contributed by atoms with van der Waals surface area (Å²) in [5.41, 5.74) is 0.180. The number of para-hydroxylation sites is 1. The summed E-state index contributed by atoms with van der Waals surface area (Å²) in [6, 6.07) is 7.06. The smallest absolute Gasteiger partial charge is 0.266 e. The minimum absolute atomic E-state index is 0.00242. The normalized spacial score (nSPS) is 17.3. The van der Waals surface area contributed by atoms with Gasteiger partial charge < -0.3 is 9.47 Å². The third-order valence-corrected chi connectivity index (χ3v) is 5.23. The number of halogens is 1. The molecule has 1 aromatic carbocycles. The van der Waals surface area contributed by atoms with Gasteiger partial charge in [0, 0.05) is 6.07 Å². The van der Waals surface area contributed by atoms with Crippen molar-refractivity contribution < 1.29 is 22.3 Å². The highest BCUT2D eigenvalue weighted by molar-refractivity contribution is 7.92. The molecule has 0 N–H and O–H groups in total. The minimum atomic E-state index is -3.88. The lowest BCUT2D eigenvalue weighted by molar-refractivity contribution is 0.209. The molecule has 0 amide bonds. The van der Waals surface area contributed by atoms with Crippen molar-refractivity contribution in [3.05, 3.63) is 42.3 Å². The maximum atomic E-state index is 13.9. The van der Waals surface area contributed by atoms with E-state index in [1.165, 1.54) is 43.6 Å². The third-order valence-electron chi connectivity index (χ3n) is 3.46. The molecule has 0 saturated carbocycles. The molecule has 0 radical (unpaired) electrons. The summed E-state index contributed by atoms with van der Waals surface area (Å²) >= 11 is 0. The molecular weight excluding hydrogens is 323 g/mol. The fourth-order valence-corrected chi connectivity index (χ4v) is 3.87. The Morgan fingerprint density at radius 2 is 2.13 bits per heavy atom. The summed E-state index contributed by atoms with van der Waals surface area (Å²) in [4.78, 5) is 3.92. The minimum Gasteiger partial charge on any atom is -0.484 e. The van der Waals surface area contributed by atoms with Crippen molar-refractivity contribution >= 4 is 15.7 Å². The van der Waals surface area contributed by atoms with Crippen LogP contribution in [0.5, 0.6) is 11.6 Å². The molecule has 23 heavy (non-hydrogen) atoms. The summed E-state index contributed by atoms with van der Waals surface area (Å²) in [7, 11) is -2.44. The van der Waals surface area contributed by atoms with Gasteiger partial charge in [0.25, 0.3) is 10.0 Å². The molecule has 1 aliphatic heterocycles. The van der Waals surface area contributed by atoms with Gasteiger partial charge in [-0.1, -0.05) is 6.07 Å². The van der Waals surface area contributed by atoms with Crippen LogP contribution in [0.25, 0.3) is 0 Å². The number of hydrogen-bond acceptors (Lipinski definition) is 5. The Morgan fingerprint density at radius 3 is 2.78 bits per heavy atom. The van der Waals surface area contributed by atoms with Gasteiger partial charge in [0.15, 0.2) is 11.6 Å². The van der Waals surface area contributed by atoms with Crippen molar-refractivity contribution in [3.8, 4) is 11.6 Å². The van der Waals surface area contributed by atoms with Gasteiger partial charge in [0.1, 0.15) is 11.0 Å². The van der Waals surface area contributed by atoms with Gasteiger partial charge in [-0.15, -0.1) is 0 Å². The van der Waals surface area contributed by atoms with E-state index in [1.54, 1.807) is 6.92 Å². The highest BCUT2D eigenvalue weighted by Crippen LogP contribution is 2.38. The van der Waals surface area contributed by atoms with E-state index in [9.17, 15) is 12.8 Å². The first-order valence-electron chi connectivity index (χ1n) is 6.91. The second-order valence-electron chi connectivity index (χ2n) is 5.09. The topological polar surface area (TPSA) is 68.7 Å². The van der Waals surface area contributed by atoms with E-state index in [0.29, 0.717) is 5.88 Å². The van der Waals surface area contributed by atoms with E-state index >= 15 is 0 Å². The molecule has 1 aliphatic rings. The highest BCUT2D eigenvalue weighted by Gasteiger charge is 2.34. The molecule has 8 heteroatoms. The molecular formula is C15H15FN2O4S. The Labute approximate surface area is 133 Å². The number of aromatic nitrogens is 1. The van der Waals surface area contributed by atoms with Crippen LogP contribution in [0, 0.1) is 5.82 Å². The molecule has 122 valence electrons. The number of rotatable bonds is 3. The first-order chi connectivity index (χ1) is 10.9. The molecule has 0 bridgehead atoms. The number of anilines is 1. The number of pyridine rings is 1. The van der Waals surface area contributed by atoms with Crippen LogP contribution in [0.4, 0.5) is 10.1 Å². The van der Waals surface area contributed by atoms with Crippen molar-refractivity contribution in [3.63, 3.8) is 0 Å². The summed E-state index contributed by atoms with van der Waals surface area (Å²) in [5.74, 6) is -0.343. The summed E-state index contributed by atoms with van der Waals surface area (Å²) in [5, 5.41) is 0. The molecule has 3 rings (SSSR count). The summed E-state index contributed by atoms with van der Waals surface area (Å²) < 4.78 is 51.2. The van der Waals surface area contributed by atoms with Crippen LogP contribution in [0.3, 0.4) is 0 Å². The molecule has 0 saturated heterocycles. The average Bonchev–Trinajstić information content (AvgIpc) is 2.55. The van der Waals surface area contributed by atoms with Crippen molar-refractivity contribution in [1.82, 2.24) is 4.98 Å². The second kappa shape index (κ2) is 5.69. The fraction of sp³-hybridized carbons (Fsp3) is 0.267. The molecule has 2 aromatic rings. The number of benzene rings is 1. The molecule has 1 atom stereocenters. The van der Waals surface area contributed by atoms with E-state index < -0.39 is 21.9 Å². The van der Waals surface area contributed by atoms with E-state index in [2.05, 4.69) is 4.98 Å². The lowest BCUT2D eigenvalue weighted by Crippen LogP contribution is -2.42. The SMILES string of the molecule is COc1ccc(S(=O)(=O)N2C[C@@H](C)Oc3c(F)cccc32)cn1. The van der Waals surface area contributed by atoms with Gasteiger partial charge >= 0.3 is 0 Å². The molecule has 6 nitrogen and oxygen atoms in total. The van der Waals surface area contributed by atoms with Crippen molar-refractivity contribution in [2.45, 2.75) is 17.9 Å². The van der Waals surface area contributed by atoms with Crippen LogP contribution in [0.1, 0.15) is 6.92 Å². The molecule has 0 unspecified atom stereocenters. The van der Waals surface area contributed by atoms with Gasteiger partial charge in [-0.25, -0.2) is 17.8 Å². The first kappa shape index (κ1) is 15.5. The quantitative estimate of drug-likeness (QED) is 0.858. The molecule has 0 spiro atoms. The summed E-state index contributed by atoms with van der Waals surface area (Å²) in [6.45, 7) is 1.77. The number of sulfonamides is 1. The van der Waals surface area contributed by atoms with Gasteiger partial charge in [-0.2, -0.15) is 0 Å². The number of ether oxygens (including phenoxy) is 2. The Bertz CT molecular complexity index is 824. The van der Waals surface area contributed by atoms with Crippen LogP contribution in [0.15, 0.2) is 41.4 Å². The van der Waals surface area contributed by atoms with Crippen LogP contribution < -0.4 is 13.8 Å². The lowest BCUT2D eigenvalue weighted by Gasteiger charge is -2.34. The first-order valence-corrected chi connectivity index (χ1v) is 8.35. The van der Waals surface area contributed by atoms with E-state index in [4.69, 9.17) is 9.47 Å². The van der Waals surface area contributed by atoms with Gasteiger partial charge in [0.2, 0.25) is 5.88 Å². The monoisotopic (exact) mass is 338 g/mol. The van der Waals surface area contributed by atoms with Crippen molar-refractivity contribution in [2.24, 2.45) is 0 Å². The van der Waals surface area contributed by atoms with E-state index in [0.717, 1.165) is 4.31 Å². The molecule has 0 aliphatic carbocycles. The van der Waals surface area contributed by atoms with Crippen LogP contribution in [-0.2, 0) is 10.0 Å². The van der Waals surface area contributed by atoms with Crippen molar-refractivity contribution in [2.75, 3.05) is 18.0 Å². The lowest BCUT2D eigenvalue weighted by atomic mass is 10.2. The van der Waals surface area contributed by atoms with Crippen LogP contribution >= 0.6 is 0 Å². The maximum Gasteiger partial charge on any atom is 0.266 e. The predicted molar refractivity (Wildman–Crippen MR) is 81.8 cm³/mol. The fourth-order valence-electron chi connectivity index (χ4n) is 2.38. The van der Waals surface area contributed by atoms with E-state index in [-0.39, 0.29) is 22.9 Å². The van der Waals surface area contributed by atoms with E-state index in [1.807, 2.05) is 0 Å². The van der Waals surface area contributed by atoms with Gasteiger partial charge in [0.05, 0.1) is 25.5 Å². The Morgan fingerprint density at radius 1 is 1.35 bits per heavy atom. The molecule has 1 aromatic heterocycles. The zero-order valence-electron chi connectivity index (χ0n) is 12.6. The Balaban J connectivity index is 2.08. The largest absolute Gasteiger partial charge is 0.484 e. The Hall–Kier alpha value is -2.35. The second-order valence-corrected chi connectivity index (χ2v) is 6.95. The van der Waals surface area contributed by atoms with Gasteiger partial charge in [-0.3, -0.25) is 4.31 Å². The van der Waals surface area contributed by atoms with Crippen LogP contribution in [0.2, 0.25) is 0 Å².